The third-order valence-electron chi connectivity index (χ3n) is 1.95. The standard InChI is InChI=1S/C10H16N4O4S/c1-6(2)18-10(15)14-19(16,17)13-9-4-7(3)8(11)5-12-9/h4-6H,11H2,1-3H3,(H,12,13)(H,14,15). The third-order valence-corrected chi connectivity index (χ3v) is 2.86. The summed E-state index contributed by atoms with van der Waals surface area (Å²) in [5.41, 5.74) is 6.66. The Kier molecular flexibility index (Phi) is 4.54. The highest BCUT2D eigenvalue weighted by Gasteiger charge is 2.17. The lowest BCUT2D eigenvalue weighted by Gasteiger charge is -2.11. The monoisotopic (exact) mass is 288 g/mol. The average Bonchev–Trinajstić information content (AvgIpc) is 2.20. The first-order chi connectivity index (χ1) is 8.69. The van der Waals surface area contributed by atoms with Crippen molar-refractivity contribution in [3.63, 3.8) is 0 Å². The van der Waals surface area contributed by atoms with Crippen LogP contribution in [0.3, 0.4) is 0 Å². The molecule has 1 aromatic heterocycles. The van der Waals surface area contributed by atoms with E-state index >= 15 is 0 Å². The van der Waals surface area contributed by atoms with Gasteiger partial charge in [0.1, 0.15) is 5.82 Å². The van der Waals surface area contributed by atoms with Gasteiger partial charge in [-0.25, -0.2) is 14.5 Å². The summed E-state index contributed by atoms with van der Waals surface area (Å²) in [6, 6.07) is 1.45. The molecule has 0 spiro atoms. The van der Waals surface area contributed by atoms with Gasteiger partial charge in [0.25, 0.3) is 0 Å². The Labute approximate surface area is 111 Å². The van der Waals surface area contributed by atoms with E-state index in [0.717, 1.165) is 0 Å². The Bertz CT molecular complexity index is 571. The van der Waals surface area contributed by atoms with Gasteiger partial charge < -0.3 is 10.5 Å². The van der Waals surface area contributed by atoms with E-state index in [-0.39, 0.29) is 5.82 Å². The van der Waals surface area contributed by atoms with Crippen LogP contribution in [0.25, 0.3) is 0 Å². The summed E-state index contributed by atoms with van der Waals surface area (Å²) in [7, 11) is -4.09. The molecule has 8 nitrogen and oxygen atoms in total. The maximum absolute atomic E-state index is 11.6. The predicted molar refractivity (Wildman–Crippen MR) is 70.7 cm³/mol. The minimum absolute atomic E-state index is 0.0524. The van der Waals surface area contributed by atoms with Gasteiger partial charge in [0.15, 0.2) is 0 Å². The molecule has 0 aliphatic heterocycles. The van der Waals surface area contributed by atoms with Crippen LogP contribution in [0.1, 0.15) is 19.4 Å². The molecule has 0 bridgehead atoms. The van der Waals surface area contributed by atoms with Crippen LogP contribution < -0.4 is 15.2 Å². The number of ether oxygens (including phenoxy) is 1. The van der Waals surface area contributed by atoms with E-state index in [2.05, 4.69) is 14.4 Å². The van der Waals surface area contributed by atoms with Gasteiger partial charge in [-0.2, -0.15) is 8.42 Å². The van der Waals surface area contributed by atoms with Crippen molar-refractivity contribution in [2.24, 2.45) is 0 Å². The molecule has 1 amide bonds. The number of hydrogen-bond acceptors (Lipinski definition) is 6. The largest absolute Gasteiger partial charge is 0.446 e. The molecule has 9 heteroatoms. The number of nitrogens with zero attached hydrogens (tertiary/aromatic N) is 1. The van der Waals surface area contributed by atoms with Gasteiger partial charge in [0.2, 0.25) is 0 Å². The molecule has 19 heavy (non-hydrogen) atoms. The van der Waals surface area contributed by atoms with E-state index in [0.29, 0.717) is 11.3 Å². The molecule has 1 aromatic rings. The van der Waals surface area contributed by atoms with Crippen LogP contribution in [0.5, 0.6) is 0 Å². The molecule has 0 aliphatic rings. The molecular formula is C10H16N4O4S. The summed E-state index contributed by atoms with van der Waals surface area (Å²) in [6.45, 7) is 4.91. The lowest BCUT2D eigenvalue weighted by molar-refractivity contribution is 0.121. The molecule has 0 saturated heterocycles. The molecule has 0 aliphatic carbocycles. The molecule has 1 rings (SSSR count). The second kappa shape index (κ2) is 5.74. The molecule has 106 valence electrons. The number of aryl methyl sites for hydroxylation is 1. The van der Waals surface area contributed by atoms with Gasteiger partial charge >= 0.3 is 16.3 Å². The van der Waals surface area contributed by atoms with E-state index in [1.54, 1.807) is 25.5 Å². The lowest BCUT2D eigenvalue weighted by Crippen LogP contribution is -2.37. The summed E-state index contributed by atoms with van der Waals surface area (Å²) in [4.78, 5) is 15.0. The number of anilines is 2. The normalized spacial score (nSPS) is 11.2. The van der Waals surface area contributed by atoms with E-state index in [9.17, 15) is 13.2 Å². The van der Waals surface area contributed by atoms with E-state index in [1.807, 2.05) is 0 Å². The first kappa shape index (κ1) is 15.0. The third kappa shape index (κ3) is 5.00. The van der Waals surface area contributed by atoms with E-state index in [1.165, 1.54) is 12.3 Å². The maximum Gasteiger partial charge on any atom is 0.422 e. The molecule has 0 atom stereocenters. The first-order valence-electron chi connectivity index (χ1n) is 5.43. The molecule has 0 unspecified atom stereocenters. The van der Waals surface area contributed by atoms with Gasteiger partial charge in [0, 0.05) is 0 Å². The number of carbonyl (C=O) groups is 1. The zero-order chi connectivity index (χ0) is 14.6. The summed E-state index contributed by atoms with van der Waals surface area (Å²) in [6.07, 6.45) is -0.165. The highest BCUT2D eigenvalue weighted by atomic mass is 32.2. The van der Waals surface area contributed by atoms with Crippen molar-refractivity contribution in [3.8, 4) is 0 Å². The Morgan fingerprint density at radius 2 is 2.11 bits per heavy atom. The number of nitrogens with one attached hydrogen (secondary N) is 2. The molecule has 1 heterocycles. The van der Waals surface area contributed by atoms with Gasteiger partial charge in [0.05, 0.1) is 18.0 Å². The molecular weight excluding hydrogens is 272 g/mol. The van der Waals surface area contributed by atoms with Crippen LogP contribution in [-0.4, -0.2) is 25.6 Å². The van der Waals surface area contributed by atoms with E-state index in [4.69, 9.17) is 5.73 Å². The lowest BCUT2D eigenvalue weighted by atomic mass is 10.2. The van der Waals surface area contributed by atoms with E-state index < -0.39 is 22.4 Å². The fourth-order valence-electron chi connectivity index (χ4n) is 1.13. The Morgan fingerprint density at radius 3 is 2.63 bits per heavy atom. The molecule has 0 aromatic carbocycles. The van der Waals surface area contributed by atoms with Crippen molar-refractivity contribution in [2.45, 2.75) is 26.9 Å². The van der Waals surface area contributed by atoms with Crippen molar-refractivity contribution in [3.05, 3.63) is 17.8 Å². The van der Waals surface area contributed by atoms with Crippen LogP contribution in [0.4, 0.5) is 16.3 Å². The van der Waals surface area contributed by atoms with Crippen LogP contribution >= 0.6 is 0 Å². The number of carbonyl (C=O) groups excluding carboxylic acids is 1. The zero-order valence-corrected chi connectivity index (χ0v) is 11.6. The molecule has 4 N–H and O–H groups in total. The number of pyridine rings is 1. The second-order valence-electron chi connectivity index (χ2n) is 4.09. The smallest absolute Gasteiger partial charge is 0.422 e. The van der Waals surface area contributed by atoms with Crippen molar-refractivity contribution in [1.29, 1.82) is 0 Å². The topological polar surface area (TPSA) is 123 Å². The number of amides is 1. The second-order valence-corrected chi connectivity index (χ2v) is 5.50. The number of aromatic nitrogens is 1. The minimum Gasteiger partial charge on any atom is -0.446 e. The fraction of sp³-hybridized carbons (Fsp3) is 0.400. The Morgan fingerprint density at radius 1 is 1.47 bits per heavy atom. The van der Waals surface area contributed by atoms with Crippen molar-refractivity contribution >= 4 is 27.8 Å². The average molecular weight is 288 g/mol. The summed E-state index contributed by atoms with van der Waals surface area (Å²) < 4.78 is 31.6. The highest BCUT2D eigenvalue weighted by molar-refractivity contribution is 7.91. The number of hydrogen-bond donors (Lipinski definition) is 3. The highest BCUT2D eigenvalue weighted by Crippen LogP contribution is 2.13. The summed E-state index contributed by atoms with van der Waals surface area (Å²) in [5.74, 6) is 0.0524. The van der Waals surface area contributed by atoms with Crippen molar-refractivity contribution < 1.29 is 17.9 Å². The Hall–Kier alpha value is -2.03. The van der Waals surface area contributed by atoms with Gasteiger partial charge in [-0.05, 0) is 32.4 Å². The quantitative estimate of drug-likeness (QED) is 0.751. The van der Waals surface area contributed by atoms with Crippen LogP contribution in [0, 0.1) is 6.92 Å². The maximum atomic E-state index is 11.6. The molecule has 0 saturated carbocycles. The van der Waals surface area contributed by atoms with Gasteiger partial charge in [-0.1, -0.05) is 0 Å². The van der Waals surface area contributed by atoms with Crippen LogP contribution in [0.2, 0.25) is 0 Å². The van der Waals surface area contributed by atoms with Crippen molar-refractivity contribution in [2.75, 3.05) is 10.5 Å². The number of rotatable bonds is 4. The fourth-order valence-corrected chi connectivity index (χ4v) is 1.84. The number of nitrogen functional groups attached to an aromatic ring is 1. The minimum atomic E-state index is -4.09. The van der Waals surface area contributed by atoms with Gasteiger partial charge in [-0.3, -0.25) is 4.72 Å². The van der Waals surface area contributed by atoms with Gasteiger partial charge in [-0.15, -0.1) is 0 Å². The van der Waals surface area contributed by atoms with Crippen LogP contribution in [0.15, 0.2) is 12.3 Å². The van der Waals surface area contributed by atoms with Crippen LogP contribution in [-0.2, 0) is 14.9 Å². The zero-order valence-electron chi connectivity index (χ0n) is 10.8. The number of nitrogens with two attached hydrogens (primary N) is 1. The van der Waals surface area contributed by atoms with Crippen molar-refractivity contribution in [1.82, 2.24) is 9.71 Å². The first-order valence-corrected chi connectivity index (χ1v) is 6.91. The SMILES string of the molecule is Cc1cc(NS(=O)(=O)NC(=O)OC(C)C)ncc1N. The predicted octanol–water partition coefficient (Wildman–Crippen LogP) is 0.764. The molecule has 0 fully saturated rings. The summed E-state index contributed by atoms with van der Waals surface area (Å²) in [5, 5.41) is 0. The molecule has 0 radical (unpaired) electrons. The summed E-state index contributed by atoms with van der Waals surface area (Å²) >= 11 is 0. The Balaban J connectivity index is 2.74.